The van der Waals surface area contributed by atoms with E-state index in [1.807, 2.05) is 18.2 Å². The predicted molar refractivity (Wildman–Crippen MR) is 108 cm³/mol. The van der Waals surface area contributed by atoms with Crippen molar-refractivity contribution >= 4 is 17.6 Å². The Balaban J connectivity index is 1.88. The molecule has 6 heteroatoms. The summed E-state index contributed by atoms with van der Waals surface area (Å²) >= 11 is 0. The Morgan fingerprint density at radius 3 is 2.07 bits per heavy atom. The number of nitrogens with zero attached hydrogens (tertiary/aromatic N) is 1. The lowest BCUT2D eigenvalue weighted by Crippen LogP contribution is -2.38. The van der Waals surface area contributed by atoms with E-state index in [0.29, 0.717) is 38.6 Å². The molecule has 0 spiro atoms. The summed E-state index contributed by atoms with van der Waals surface area (Å²) in [5, 5.41) is 0. The minimum absolute atomic E-state index is 0.216. The molecule has 0 aromatic heterocycles. The molecule has 0 heterocycles. The lowest BCUT2D eigenvalue weighted by Gasteiger charge is -2.30. The maximum Gasteiger partial charge on any atom is 0.309 e. The van der Waals surface area contributed by atoms with Crippen LogP contribution in [-0.2, 0) is 23.8 Å². The van der Waals surface area contributed by atoms with Crippen LogP contribution < -0.4 is 4.90 Å². The fourth-order valence-corrected chi connectivity index (χ4v) is 3.68. The molecule has 0 amide bonds. The van der Waals surface area contributed by atoms with Gasteiger partial charge in [0.25, 0.3) is 0 Å². The Labute approximate surface area is 168 Å². The van der Waals surface area contributed by atoms with Gasteiger partial charge in [-0.05, 0) is 38.8 Å². The predicted octanol–water partition coefficient (Wildman–Crippen LogP) is 3.44. The third kappa shape index (κ3) is 6.51. The van der Waals surface area contributed by atoms with Gasteiger partial charge in [0.2, 0.25) is 0 Å². The van der Waals surface area contributed by atoms with Gasteiger partial charge in [0, 0.05) is 18.8 Å². The van der Waals surface area contributed by atoms with Crippen molar-refractivity contribution in [3.05, 3.63) is 30.3 Å². The summed E-state index contributed by atoms with van der Waals surface area (Å²) in [5.74, 6) is -1.42. The molecule has 1 aromatic carbocycles. The van der Waals surface area contributed by atoms with Gasteiger partial charge >= 0.3 is 11.9 Å². The monoisotopic (exact) mass is 391 g/mol. The van der Waals surface area contributed by atoms with Crippen molar-refractivity contribution in [1.29, 1.82) is 0 Å². The third-order valence-corrected chi connectivity index (χ3v) is 5.19. The molecule has 0 aliphatic heterocycles. The first-order valence-electron chi connectivity index (χ1n) is 10.2. The normalized spacial score (nSPS) is 19.3. The zero-order valence-electron chi connectivity index (χ0n) is 17.3. The summed E-state index contributed by atoms with van der Waals surface area (Å²) in [6.45, 7) is 5.72. The number of carbonyl (C=O) groups is 2. The summed E-state index contributed by atoms with van der Waals surface area (Å²) in [6, 6.07) is 10.4. The smallest absolute Gasteiger partial charge is 0.309 e. The number of rotatable bonds is 10. The van der Waals surface area contributed by atoms with Gasteiger partial charge in [0.15, 0.2) is 0 Å². The summed E-state index contributed by atoms with van der Waals surface area (Å²) < 4.78 is 15.7. The highest BCUT2D eigenvalue weighted by atomic mass is 16.6. The van der Waals surface area contributed by atoms with Crippen LogP contribution in [0.15, 0.2) is 30.3 Å². The molecule has 1 saturated carbocycles. The number of hydrogen-bond donors (Lipinski definition) is 0. The van der Waals surface area contributed by atoms with Gasteiger partial charge in [-0.1, -0.05) is 31.0 Å². The van der Waals surface area contributed by atoms with Gasteiger partial charge in [-0.25, -0.2) is 0 Å². The van der Waals surface area contributed by atoms with Crippen molar-refractivity contribution in [3.8, 4) is 0 Å². The van der Waals surface area contributed by atoms with E-state index in [1.165, 1.54) is 0 Å². The number of esters is 2. The van der Waals surface area contributed by atoms with Crippen LogP contribution in [-0.4, -0.2) is 51.5 Å². The molecular weight excluding hydrogens is 358 g/mol. The van der Waals surface area contributed by atoms with Gasteiger partial charge in [0.1, 0.15) is 13.2 Å². The second-order valence-electron chi connectivity index (χ2n) is 7.45. The summed E-state index contributed by atoms with van der Waals surface area (Å²) in [4.78, 5) is 27.2. The Morgan fingerprint density at radius 2 is 1.54 bits per heavy atom. The van der Waals surface area contributed by atoms with Gasteiger partial charge in [0.05, 0.1) is 25.0 Å². The van der Waals surface area contributed by atoms with Gasteiger partial charge < -0.3 is 19.1 Å². The minimum atomic E-state index is -0.409. The number of anilines is 1. The Morgan fingerprint density at radius 1 is 0.964 bits per heavy atom. The standard InChI is InChI=1S/C22H33NO5/c1-17(2)23(18-9-5-4-6-10-18)13-14-27-21(24)19-11-7-8-12-20(19)22(25)28-16-15-26-3/h4-6,9-10,17,19-20H,7-8,11-16H2,1-3H3. The SMILES string of the molecule is COCCOC(=O)C1CCCCC1C(=O)OCCN(c1ccccc1)C(C)C. The minimum Gasteiger partial charge on any atom is -0.464 e. The van der Waals surface area contributed by atoms with E-state index >= 15 is 0 Å². The second-order valence-corrected chi connectivity index (χ2v) is 7.45. The zero-order chi connectivity index (χ0) is 20.4. The van der Waals surface area contributed by atoms with Crippen molar-refractivity contribution in [2.75, 3.05) is 38.4 Å². The van der Waals surface area contributed by atoms with Crippen LogP contribution in [0, 0.1) is 11.8 Å². The van der Waals surface area contributed by atoms with Crippen LogP contribution >= 0.6 is 0 Å². The highest BCUT2D eigenvalue weighted by Crippen LogP contribution is 2.32. The molecule has 2 atom stereocenters. The van der Waals surface area contributed by atoms with Crippen LogP contribution in [0.4, 0.5) is 5.69 Å². The van der Waals surface area contributed by atoms with E-state index in [1.54, 1.807) is 7.11 Å². The maximum absolute atomic E-state index is 12.7. The quantitative estimate of drug-likeness (QED) is 0.450. The molecule has 0 saturated heterocycles. The highest BCUT2D eigenvalue weighted by molar-refractivity contribution is 5.82. The lowest BCUT2D eigenvalue weighted by molar-refractivity contribution is -0.163. The van der Waals surface area contributed by atoms with Crippen molar-refractivity contribution in [2.45, 2.75) is 45.6 Å². The van der Waals surface area contributed by atoms with E-state index < -0.39 is 11.8 Å². The van der Waals surface area contributed by atoms with Crippen molar-refractivity contribution in [2.24, 2.45) is 11.8 Å². The van der Waals surface area contributed by atoms with Crippen LogP contribution in [0.3, 0.4) is 0 Å². The number of benzene rings is 1. The van der Waals surface area contributed by atoms with Crippen molar-refractivity contribution < 1.29 is 23.8 Å². The third-order valence-electron chi connectivity index (χ3n) is 5.19. The molecule has 0 radical (unpaired) electrons. The maximum atomic E-state index is 12.7. The average molecular weight is 392 g/mol. The Hall–Kier alpha value is -2.08. The Kier molecular flexibility index (Phi) is 9.28. The first-order chi connectivity index (χ1) is 13.5. The van der Waals surface area contributed by atoms with E-state index in [2.05, 4.69) is 30.9 Å². The average Bonchev–Trinajstić information content (AvgIpc) is 2.71. The van der Waals surface area contributed by atoms with E-state index in [-0.39, 0.29) is 18.5 Å². The molecule has 1 aromatic rings. The summed E-state index contributed by atoms with van der Waals surface area (Å²) in [5.41, 5.74) is 1.10. The number of methoxy groups -OCH3 is 1. The first kappa shape index (κ1) is 22.2. The van der Waals surface area contributed by atoms with Crippen LogP contribution in [0.25, 0.3) is 0 Å². The summed E-state index contributed by atoms with van der Waals surface area (Å²) in [6.07, 6.45) is 3.22. The lowest BCUT2D eigenvalue weighted by atomic mass is 9.79. The number of hydrogen-bond acceptors (Lipinski definition) is 6. The number of para-hydroxylation sites is 1. The fraction of sp³-hybridized carbons (Fsp3) is 0.636. The van der Waals surface area contributed by atoms with E-state index in [9.17, 15) is 9.59 Å². The fourth-order valence-electron chi connectivity index (χ4n) is 3.68. The molecule has 0 N–H and O–H groups in total. The zero-order valence-corrected chi connectivity index (χ0v) is 17.3. The van der Waals surface area contributed by atoms with Gasteiger partial charge in [-0.3, -0.25) is 9.59 Å². The molecular formula is C22H33NO5. The Bertz CT molecular complexity index is 604. The molecule has 156 valence electrons. The topological polar surface area (TPSA) is 65.1 Å². The number of ether oxygens (including phenoxy) is 3. The molecule has 1 fully saturated rings. The van der Waals surface area contributed by atoms with Crippen LogP contribution in [0.2, 0.25) is 0 Å². The molecule has 2 unspecified atom stereocenters. The van der Waals surface area contributed by atoms with Crippen molar-refractivity contribution in [3.63, 3.8) is 0 Å². The largest absolute Gasteiger partial charge is 0.464 e. The molecule has 28 heavy (non-hydrogen) atoms. The van der Waals surface area contributed by atoms with Gasteiger partial charge in [-0.15, -0.1) is 0 Å². The van der Waals surface area contributed by atoms with Gasteiger partial charge in [-0.2, -0.15) is 0 Å². The van der Waals surface area contributed by atoms with Crippen LogP contribution in [0.1, 0.15) is 39.5 Å². The molecule has 0 bridgehead atoms. The second kappa shape index (κ2) is 11.7. The van der Waals surface area contributed by atoms with Crippen LogP contribution in [0.5, 0.6) is 0 Å². The molecule has 2 rings (SSSR count). The molecule has 1 aliphatic rings. The van der Waals surface area contributed by atoms with E-state index in [4.69, 9.17) is 14.2 Å². The summed E-state index contributed by atoms with van der Waals surface area (Å²) in [7, 11) is 1.56. The van der Waals surface area contributed by atoms with E-state index in [0.717, 1.165) is 18.5 Å². The first-order valence-corrected chi connectivity index (χ1v) is 10.2. The van der Waals surface area contributed by atoms with Crippen molar-refractivity contribution in [1.82, 2.24) is 0 Å². The molecule has 6 nitrogen and oxygen atoms in total. The molecule has 1 aliphatic carbocycles. The number of carbonyl (C=O) groups excluding carboxylic acids is 2. The highest BCUT2D eigenvalue weighted by Gasteiger charge is 2.37.